The van der Waals surface area contributed by atoms with E-state index in [1.54, 1.807) is 12.3 Å². The highest BCUT2D eigenvalue weighted by atomic mass is 32.2. The molecule has 0 aliphatic heterocycles. The molecule has 2 N–H and O–H groups in total. The second-order valence-corrected chi connectivity index (χ2v) is 6.04. The highest BCUT2D eigenvalue weighted by Gasteiger charge is 2.08. The van der Waals surface area contributed by atoms with Crippen LogP contribution in [0.15, 0.2) is 18.2 Å². The van der Waals surface area contributed by atoms with Gasteiger partial charge in [0.2, 0.25) is 0 Å². The third-order valence-corrected chi connectivity index (χ3v) is 4.28. The number of aromatic hydroxyl groups is 1. The molecule has 1 rings (SSSR count). The summed E-state index contributed by atoms with van der Waals surface area (Å²) in [5.74, 6) is 0.664. The number of phenols is 1. The van der Waals surface area contributed by atoms with Crippen LogP contribution in [0.1, 0.15) is 18.9 Å². The van der Waals surface area contributed by atoms with E-state index in [2.05, 4.69) is 5.32 Å². The highest BCUT2D eigenvalue weighted by Crippen LogP contribution is 2.28. The summed E-state index contributed by atoms with van der Waals surface area (Å²) in [5.41, 5.74) is 0.805. The molecule has 0 saturated heterocycles. The second kappa shape index (κ2) is 7.38. The lowest BCUT2D eigenvalue weighted by Gasteiger charge is -2.11. The molecule has 0 saturated carbocycles. The molecule has 2 atom stereocenters. The van der Waals surface area contributed by atoms with Crippen molar-refractivity contribution < 1.29 is 14.1 Å². The average Bonchev–Trinajstić information content (AvgIpc) is 2.35. The molecule has 0 radical (unpaired) electrons. The third kappa shape index (κ3) is 4.31. The number of para-hydroxylation sites is 1. The molecule has 4 nitrogen and oxygen atoms in total. The van der Waals surface area contributed by atoms with Gasteiger partial charge < -0.3 is 15.2 Å². The van der Waals surface area contributed by atoms with Gasteiger partial charge >= 0.3 is 0 Å². The molecule has 5 heteroatoms. The molecule has 0 heterocycles. The van der Waals surface area contributed by atoms with Gasteiger partial charge in [0, 0.05) is 34.4 Å². The van der Waals surface area contributed by atoms with Gasteiger partial charge in [-0.2, -0.15) is 0 Å². The first-order valence-electron chi connectivity index (χ1n) is 5.94. The Bertz CT molecular complexity index is 409. The van der Waals surface area contributed by atoms with Crippen molar-refractivity contribution in [2.75, 3.05) is 19.9 Å². The molecular weight excluding hydrogens is 250 g/mol. The number of ether oxygens (including phenoxy) is 1. The van der Waals surface area contributed by atoms with Crippen molar-refractivity contribution in [3.8, 4) is 11.5 Å². The third-order valence-electron chi connectivity index (χ3n) is 2.91. The minimum Gasteiger partial charge on any atom is -0.504 e. The van der Waals surface area contributed by atoms with Gasteiger partial charge in [-0.25, -0.2) is 0 Å². The van der Waals surface area contributed by atoms with E-state index in [1.807, 2.05) is 19.1 Å². The monoisotopic (exact) mass is 271 g/mol. The molecule has 2 unspecified atom stereocenters. The normalized spacial score (nSPS) is 14.2. The van der Waals surface area contributed by atoms with E-state index in [9.17, 15) is 9.32 Å². The van der Waals surface area contributed by atoms with Crippen LogP contribution >= 0.6 is 0 Å². The molecule has 0 fully saturated rings. The molecular formula is C13H21NO3S. The van der Waals surface area contributed by atoms with Crippen molar-refractivity contribution in [2.24, 2.45) is 0 Å². The van der Waals surface area contributed by atoms with Crippen molar-refractivity contribution in [3.63, 3.8) is 0 Å². The fraction of sp³-hybridized carbons (Fsp3) is 0.538. The van der Waals surface area contributed by atoms with Gasteiger partial charge in [-0.15, -0.1) is 0 Å². The standard InChI is InChI=1S/C13H21NO3S/c1-10(18(3)16)7-8-14-9-11-5-4-6-12(17-2)13(11)15/h4-6,10,14-15H,7-9H2,1-3H3. The number of rotatable bonds is 7. The number of nitrogens with one attached hydrogen (secondary N) is 1. The second-order valence-electron chi connectivity index (χ2n) is 4.24. The number of hydrogen-bond acceptors (Lipinski definition) is 4. The molecule has 0 aromatic heterocycles. The number of benzene rings is 1. The summed E-state index contributed by atoms with van der Waals surface area (Å²) in [6.45, 7) is 3.32. The van der Waals surface area contributed by atoms with Crippen LogP contribution in [0.25, 0.3) is 0 Å². The van der Waals surface area contributed by atoms with Gasteiger partial charge in [-0.3, -0.25) is 4.21 Å². The molecule has 0 aliphatic rings. The van der Waals surface area contributed by atoms with E-state index in [-0.39, 0.29) is 11.0 Å². The van der Waals surface area contributed by atoms with Crippen LogP contribution in [0.5, 0.6) is 11.5 Å². The van der Waals surface area contributed by atoms with Crippen LogP contribution in [0.3, 0.4) is 0 Å². The zero-order valence-corrected chi connectivity index (χ0v) is 11.9. The van der Waals surface area contributed by atoms with Crippen LogP contribution < -0.4 is 10.1 Å². The van der Waals surface area contributed by atoms with Crippen molar-refractivity contribution in [1.82, 2.24) is 5.32 Å². The van der Waals surface area contributed by atoms with Crippen molar-refractivity contribution in [3.05, 3.63) is 23.8 Å². The Kier molecular flexibility index (Phi) is 6.15. The molecule has 1 aromatic rings. The summed E-state index contributed by atoms with van der Waals surface area (Å²) in [6, 6.07) is 5.42. The molecule has 18 heavy (non-hydrogen) atoms. The van der Waals surface area contributed by atoms with Crippen molar-refractivity contribution in [2.45, 2.75) is 25.1 Å². The summed E-state index contributed by atoms with van der Waals surface area (Å²) in [5, 5.41) is 13.3. The average molecular weight is 271 g/mol. The van der Waals surface area contributed by atoms with E-state index < -0.39 is 10.8 Å². The minimum absolute atomic E-state index is 0.180. The maximum Gasteiger partial charge on any atom is 0.162 e. The van der Waals surface area contributed by atoms with Gasteiger partial charge in [-0.05, 0) is 19.0 Å². The lowest BCUT2D eigenvalue weighted by atomic mass is 10.2. The molecule has 0 spiro atoms. The van der Waals surface area contributed by atoms with E-state index in [1.165, 1.54) is 7.11 Å². The van der Waals surface area contributed by atoms with Crippen LogP contribution in [-0.4, -0.2) is 34.5 Å². The highest BCUT2D eigenvalue weighted by molar-refractivity contribution is 7.84. The quantitative estimate of drug-likeness (QED) is 0.740. The van der Waals surface area contributed by atoms with Gasteiger partial charge in [0.05, 0.1) is 7.11 Å². The van der Waals surface area contributed by atoms with Crippen LogP contribution in [0, 0.1) is 0 Å². The smallest absolute Gasteiger partial charge is 0.162 e. The number of hydrogen-bond donors (Lipinski definition) is 2. The largest absolute Gasteiger partial charge is 0.504 e. The maximum absolute atomic E-state index is 11.2. The van der Waals surface area contributed by atoms with E-state index in [4.69, 9.17) is 4.74 Å². The predicted octanol–water partition coefficient (Wildman–Crippen LogP) is 1.65. The first kappa shape index (κ1) is 15.0. The summed E-state index contributed by atoms with van der Waals surface area (Å²) >= 11 is 0. The Morgan fingerprint density at radius 3 is 2.83 bits per heavy atom. The van der Waals surface area contributed by atoms with Crippen LogP contribution in [-0.2, 0) is 17.3 Å². The first-order valence-corrected chi connectivity index (χ1v) is 7.56. The fourth-order valence-electron chi connectivity index (χ4n) is 1.57. The van der Waals surface area contributed by atoms with Gasteiger partial charge in [-0.1, -0.05) is 19.1 Å². The van der Waals surface area contributed by atoms with Gasteiger partial charge in [0.15, 0.2) is 11.5 Å². The molecule has 0 aliphatic carbocycles. The molecule has 102 valence electrons. The van der Waals surface area contributed by atoms with Gasteiger partial charge in [0.1, 0.15) is 0 Å². The molecule has 1 aromatic carbocycles. The predicted molar refractivity (Wildman–Crippen MR) is 74.5 cm³/mol. The fourth-order valence-corrected chi connectivity index (χ4v) is 2.02. The van der Waals surface area contributed by atoms with Crippen LogP contribution in [0.4, 0.5) is 0 Å². The number of phenolic OH excluding ortho intramolecular Hbond substituents is 1. The van der Waals surface area contributed by atoms with Crippen molar-refractivity contribution >= 4 is 10.8 Å². The lowest BCUT2D eigenvalue weighted by molar-refractivity contribution is 0.369. The Balaban J connectivity index is 2.42. The van der Waals surface area contributed by atoms with E-state index in [0.717, 1.165) is 18.5 Å². The van der Waals surface area contributed by atoms with Crippen LogP contribution in [0.2, 0.25) is 0 Å². The summed E-state index contributed by atoms with van der Waals surface area (Å²) < 4.78 is 16.2. The summed E-state index contributed by atoms with van der Waals surface area (Å²) in [7, 11) is 0.755. The van der Waals surface area contributed by atoms with Crippen molar-refractivity contribution in [1.29, 1.82) is 0 Å². The summed E-state index contributed by atoms with van der Waals surface area (Å²) in [4.78, 5) is 0. The minimum atomic E-state index is -0.777. The zero-order valence-electron chi connectivity index (χ0n) is 11.1. The SMILES string of the molecule is COc1cccc(CNCCC(C)S(C)=O)c1O. The Hall–Kier alpha value is -1.07. The molecule has 0 amide bonds. The maximum atomic E-state index is 11.2. The zero-order chi connectivity index (χ0) is 13.5. The summed E-state index contributed by atoms with van der Waals surface area (Å²) in [6.07, 6.45) is 2.58. The van der Waals surface area contributed by atoms with E-state index >= 15 is 0 Å². The Morgan fingerprint density at radius 2 is 2.22 bits per heavy atom. The molecule has 0 bridgehead atoms. The Labute approximate surface area is 111 Å². The lowest BCUT2D eigenvalue weighted by Crippen LogP contribution is -2.21. The van der Waals surface area contributed by atoms with Gasteiger partial charge in [0.25, 0.3) is 0 Å². The van der Waals surface area contributed by atoms with E-state index in [0.29, 0.717) is 12.3 Å². The Morgan fingerprint density at radius 1 is 1.50 bits per heavy atom. The first-order chi connectivity index (χ1) is 8.56. The number of methoxy groups -OCH3 is 1. The topological polar surface area (TPSA) is 58.6 Å².